The van der Waals surface area contributed by atoms with Crippen molar-refractivity contribution in [2.75, 3.05) is 6.61 Å². The number of aryl methyl sites for hydroxylation is 1. The van der Waals surface area contributed by atoms with E-state index in [4.69, 9.17) is 13.7 Å². The second-order valence-corrected chi connectivity index (χ2v) is 5.01. The minimum Gasteiger partial charge on any atom is -0.465 e. The standard InChI is InChI=1S/C14H16N2O4/c1-3-18-13(17)14(6-4-7-14)12-15-11(16-20-12)10-9(2)5-8-19-10/h5,8H,3-4,6-7H2,1-2H3. The zero-order valence-corrected chi connectivity index (χ0v) is 11.5. The summed E-state index contributed by atoms with van der Waals surface area (Å²) in [4.78, 5) is 16.5. The van der Waals surface area contributed by atoms with Crippen molar-refractivity contribution < 1.29 is 18.5 Å². The zero-order valence-electron chi connectivity index (χ0n) is 11.5. The molecule has 0 N–H and O–H groups in total. The summed E-state index contributed by atoms with van der Waals surface area (Å²) in [5, 5.41) is 3.92. The Labute approximate surface area is 116 Å². The predicted octanol–water partition coefficient (Wildman–Crippen LogP) is 2.62. The Kier molecular flexibility index (Phi) is 3.08. The molecule has 6 heteroatoms. The predicted molar refractivity (Wildman–Crippen MR) is 68.9 cm³/mol. The second-order valence-electron chi connectivity index (χ2n) is 5.01. The van der Waals surface area contributed by atoms with Crippen molar-refractivity contribution in [2.24, 2.45) is 0 Å². The van der Waals surface area contributed by atoms with Crippen LogP contribution >= 0.6 is 0 Å². The van der Waals surface area contributed by atoms with Crippen LogP contribution in [0.25, 0.3) is 11.6 Å². The van der Waals surface area contributed by atoms with Crippen molar-refractivity contribution in [1.29, 1.82) is 0 Å². The second kappa shape index (κ2) is 4.77. The molecule has 20 heavy (non-hydrogen) atoms. The minimum atomic E-state index is -0.762. The molecule has 0 unspecified atom stereocenters. The van der Waals surface area contributed by atoms with Crippen molar-refractivity contribution in [2.45, 2.75) is 38.5 Å². The summed E-state index contributed by atoms with van der Waals surface area (Å²) >= 11 is 0. The largest absolute Gasteiger partial charge is 0.465 e. The van der Waals surface area contributed by atoms with E-state index in [0.29, 0.717) is 36.9 Å². The number of ether oxygens (including phenoxy) is 1. The summed E-state index contributed by atoms with van der Waals surface area (Å²) in [6, 6.07) is 1.83. The van der Waals surface area contributed by atoms with Crippen LogP contribution in [0.3, 0.4) is 0 Å². The average Bonchev–Trinajstić information content (AvgIpc) is 2.97. The Morgan fingerprint density at radius 3 is 2.85 bits per heavy atom. The Morgan fingerprint density at radius 2 is 2.30 bits per heavy atom. The van der Waals surface area contributed by atoms with Crippen molar-refractivity contribution in [3.05, 3.63) is 23.8 Å². The maximum Gasteiger partial charge on any atom is 0.321 e. The third kappa shape index (κ3) is 1.83. The first-order valence-corrected chi connectivity index (χ1v) is 6.73. The van der Waals surface area contributed by atoms with Crippen LogP contribution in [0.4, 0.5) is 0 Å². The highest BCUT2D eigenvalue weighted by Crippen LogP contribution is 2.44. The van der Waals surface area contributed by atoms with Crippen LogP contribution in [-0.2, 0) is 14.9 Å². The molecule has 0 bridgehead atoms. The van der Waals surface area contributed by atoms with E-state index in [1.54, 1.807) is 13.2 Å². The maximum atomic E-state index is 12.1. The SMILES string of the molecule is CCOC(=O)C1(c2nc(-c3occc3C)no2)CCC1. The number of aromatic nitrogens is 2. The normalized spacial score (nSPS) is 16.7. The molecular formula is C14H16N2O4. The van der Waals surface area contributed by atoms with Crippen molar-refractivity contribution in [3.8, 4) is 11.6 Å². The quantitative estimate of drug-likeness (QED) is 0.799. The lowest BCUT2D eigenvalue weighted by Gasteiger charge is -2.35. The Morgan fingerprint density at radius 1 is 1.50 bits per heavy atom. The van der Waals surface area contributed by atoms with Gasteiger partial charge in [-0.05, 0) is 38.3 Å². The lowest BCUT2D eigenvalue weighted by atomic mass is 9.68. The Balaban J connectivity index is 1.93. The molecule has 0 aromatic carbocycles. The van der Waals surface area contributed by atoms with Gasteiger partial charge in [0.2, 0.25) is 11.7 Å². The van der Waals surface area contributed by atoms with E-state index in [9.17, 15) is 4.79 Å². The van der Waals surface area contributed by atoms with Crippen LogP contribution < -0.4 is 0 Å². The number of carbonyl (C=O) groups is 1. The lowest BCUT2D eigenvalue weighted by molar-refractivity contribution is -0.155. The minimum absolute atomic E-state index is 0.280. The van der Waals surface area contributed by atoms with Gasteiger partial charge in [-0.1, -0.05) is 11.6 Å². The zero-order chi connectivity index (χ0) is 14.2. The molecule has 1 saturated carbocycles. The van der Waals surface area contributed by atoms with Gasteiger partial charge < -0.3 is 13.7 Å². The molecular weight excluding hydrogens is 260 g/mol. The molecule has 0 spiro atoms. The summed E-state index contributed by atoms with van der Waals surface area (Å²) in [6.07, 6.45) is 3.90. The van der Waals surface area contributed by atoms with Gasteiger partial charge in [0.15, 0.2) is 5.76 Å². The molecule has 1 aliphatic carbocycles. The fraction of sp³-hybridized carbons (Fsp3) is 0.500. The molecule has 1 fully saturated rings. The fourth-order valence-corrected chi connectivity index (χ4v) is 2.42. The summed E-state index contributed by atoms with van der Waals surface area (Å²) in [6.45, 7) is 4.04. The van der Waals surface area contributed by atoms with Crippen LogP contribution in [0, 0.1) is 6.92 Å². The average molecular weight is 276 g/mol. The summed E-state index contributed by atoms with van der Waals surface area (Å²) in [5.74, 6) is 0.988. The number of nitrogens with zero attached hydrogens (tertiary/aromatic N) is 2. The van der Waals surface area contributed by atoms with E-state index in [-0.39, 0.29) is 5.97 Å². The van der Waals surface area contributed by atoms with E-state index >= 15 is 0 Å². The van der Waals surface area contributed by atoms with E-state index < -0.39 is 5.41 Å². The van der Waals surface area contributed by atoms with E-state index in [2.05, 4.69) is 10.1 Å². The summed E-state index contributed by atoms with van der Waals surface area (Å²) in [5.41, 5.74) is 0.165. The van der Waals surface area contributed by atoms with Gasteiger partial charge in [0.05, 0.1) is 12.9 Å². The van der Waals surface area contributed by atoms with Crippen molar-refractivity contribution in [1.82, 2.24) is 10.1 Å². The van der Waals surface area contributed by atoms with Gasteiger partial charge in [-0.15, -0.1) is 0 Å². The van der Waals surface area contributed by atoms with Gasteiger partial charge >= 0.3 is 5.97 Å². The van der Waals surface area contributed by atoms with E-state index in [1.807, 2.05) is 13.0 Å². The highest BCUT2D eigenvalue weighted by Gasteiger charge is 2.52. The van der Waals surface area contributed by atoms with E-state index in [0.717, 1.165) is 12.0 Å². The molecule has 1 aliphatic rings. The van der Waals surface area contributed by atoms with Crippen LogP contribution in [0.5, 0.6) is 0 Å². The van der Waals surface area contributed by atoms with Crippen molar-refractivity contribution in [3.63, 3.8) is 0 Å². The number of hydrogen-bond donors (Lipinski definition) is 0. The number of hydrogen-bond acceptors (Lipinski definition) is 6. The van der Waals surface area contributed by atoms with Gasteiger partial charge in [-0.25, -0.2) is 0 Å². The highest BCUT2D eigenvalue weighted by atomic mass is 16.5. The topological polar surface area (TPSA) is 78.4 Å². The number of furan rings is 1. The van der Waals surface area contributed by atoms with Crippen LogP contribution in [0.2, 0.25) is 0 Å². The maximum absolute atomic E-state index is 12.1. The third-order valence-corrected chi connectivity index (χ3v) is 3.77. The molecule has 6 nitrogen and oxygen atoms in total. The first-order valence-electron chi connectivity index (χ1n) is 6.73. The molecule has 3 rings (SSSR count). The molecule has 2 heterocycles. The lowest BCUT2D eigenvalue weighted by Crippen LogP contribution is -2.44. The Hall–Kier alpha value is -2.11. The third-order valence-electron chi connectivity index (χ3n) is 3.77. The van der Waals surface area contributed by atoms with Gasteiger partial charge in [0.1, 0.15) is 5.41 Å². The van der Waals surface area contributed by atoms with E-state index in [1.165, 1.54) is 0 Å². The smallest absolute Gasteiger partial charge is 0.321 e. The number of esters is 1. The number of carbonyl (C=O) groups excluding carboxylic acids is 1. The molecule has 2 aromatic rings. The van der Waals surface area contributed by atoms with Crippen LogP contribution in [0.15, 0.2) is 21.3 Å². The Bertz CT molecular complexity index is 625. The molecule has 2 aromatic heterocycles. The van der Waals surface area contributed by atoms with Crippen LogP contribution in [-0.4, -0.2) is 22.7 Å². The fourth-order valence-electron chi connectivity index (χ4n) is 2.42. The highest BCUT2D eigenvalue weighted by molar-refractivity contribution is 5.83. The first kappa shape index (κ1) is 12.9. The van der Waals surface area contributed by atoms with Crippen LogP contribution in [0.1, 0.15) is 37.6 Å². The van der Waals surface area contributed by atoms with Gasteiger partial charge in [0.25, 0.3) is 0 Å². The molecule has 106 valence electrons. The summed E-state index contributed by atoms with van der Waals surface area (Å²) < 4.78 is 15.8. The molecule has 0 amide bonds. The number of rotatable bonds is 4. The summed E-state index contributed by atoms with van der Waals surface area (Å²) in [7, 11) is 0. The monoisotopic (exact) mass is 276 g/mol. The molecule has 0 atom stereocenters. The first-order chi connectivity index (χ1) is 9.67. The van der Waals surface area contributed by atoms with Gasteiger partial charge in [0, 0.05) is 0 Å². The molecule has 0 saturated heterocycles. The van der Waals surface area contributed by atoms with Gasteiger partial charge in [-0.2, -0.15) is 4.98 Å². The molecule has 0 aliphatic heterocycles. The molecule has 0 radical (unpaired) electrons. The van der Waals surface area contributed by atoms with Crippen molar-refractivity contribution >= 4 is 5.97 Å². The van der Waals surface area contributed by atoms with Gasteiger partial charge in [-0.3, -0.25) is 4.79 Å².